The number of nitrogens with one attached hydrogen (secondary N) is 1. The number of hydrogen-bond donors (Lipinski definition) is 1. The van der Waals surface area contributed by atoms with E-state index in [1.807, 2.05) is 82.8 Å². The molecule has 3 rings (SSSR count). The Labute approximate surface area is 179 Å². The minimum absolute atomic E-state index is 0.0318. The Morgan fingerprint density at radius 2 is 1.53 bits per heavy atom. The van der Waals surface area contributed by atoms with Gasteiger partial charge in [-0.25, -0.2) is 4.79 Å². The molecule has 0 radical (unpaired) electrons. The topological polar surface area (TPSA) is 58.6 Å². The molecule has 0 saturated carbocycles. The van der Waals surface area contributed by atoms with Gasteiger partial charge in [0.1, 0.15) is 5.60 Å². The number of amides is 2. The fraction of sp³-hybridized carbons (Fsp3) is 0.440. The molecule has 5 heteroatoms. The van der Waals surface area contributed by atoms with Crippen LogP contribution in [0.2, 0.25) is 0 Å². The van der Waals surface area contributed by atoms with Crippen LogP contribution in [0.1, 0.15) is 58.6 Å². The van der Waals surface area contributed by atoms with Crippen LogP contribution in [-0.2, 0) is 9.53 Å². The largest absolute Gasteiger partial charge is 0.444 e. The van der Waals surface area contributed by atoms with E-state index < -0.39 is 17.1 Å². The summed E-state index contributed by atoms with van der Waals surface area (Å²) in [6, 6.07) is 17.9. The van der Waals surface area contributed by atoms with Gasteiger partial charge in [0, 0.05) is 23.6 Å². The van der Waals surface area contributed by atoms with Crippen molar-refractivity contribution < 1.29 is 14.3 Å². The van der Waals surface area contributed by atoms with E-state index in [1.54, 1.807) is 0 Å². The minimum Gasteiger partial charge on any atom is -0.444 e. The summed E-state index contributed by atoms with van der Waals surface area (Å²) in [4.78, 5) is 27.7. The highest BCUT2D eigenvalue weighted by atomic mass is 16.6. The van der Waals surface area contributed by atoms with Crippen LogP contribution in [-0.4, -0.2) is 30.2 Å². The maximum absolute atomic E-state index is 13.5. The number of alkyl carbamates (subject to hydrolysis) is 1. The number of carbonyl (C=O) groups is 2. The maximum Gasteiger partial charge on any atom is 0.407 e. The Morgan fingerprint density at radius 3 is 2.13 bits per heavy atom. The van der Waals surface area contributed by atoms with Crippen molar-refractivity contribution in [2.45, 2.75) is 59.1 Å². The van der Waals surface area contributed by atoms with Crippen LogP contribution in [0.3, 0.4) is 0 Å². The van der Waals surface area contributed by atoms with Crippen molar-refractivity contribution >= 4 is 17.7 Å². The molecule has 2 amide bonds. The van der Waals surface area contributed by atoms with Crippen LogP contribution in [0.25, 0.3) is 0 Å². The number of anilines is 1. The molecule has 1 aliphatic heterocycles. The van der Waals surface area contributed by atoms with Crippen LogP contribution in [0, 0.1) is 5.41 Å². The molecular weight excluding hydrogens is 376 g/mol. The Kier molecular flexibility index (Phi) is 5.93. The Bertz CT molecular complexity index is 910. The maximum atomic E-state index is 13.5. The van der Waals surface area contributed by atoms with Gasteiger partial charge >= 0.3 is 6.09 Å². The summed E-state index contributed by atoms with van der Waals surface area (Å²) < 4.78 is 5.43. The van der Waals surface area contributed by atoms with E-state index in [0.29, 0.717) is 6.54 Å². The minimum atomic E-state index is -0.581. The molecule has 0 saturated heterocycles. The van der Waals surface area contributed by atoms with Crippen LogP contribution in [0.15, 0.2) is 54.6 Å². The number of hydrogen-bond acceptors (Lipinski definition) is 3. The summed E-state index contributed by atoms with van der Waals surface area (Å²) in [5, 5.41) is 2.90. The SMILES string of the molecule is CC(C)(C)OC(=O)NC[C@H]1[C@H](c2ccccc2)c2ccccc2N1C(=O)C(C)(C)C. The van der Waals surface area contributed by atoms with Gasteiger partial charge in [0.15, 0.2) is 0 Å². The highest BCUT2D eigenvalue weighted by Crippen LogP contribution is 2.45. The molecule has 5 nitrogen and oxygen atoms in total. The van der Waals surface area contributed by atoms with Crippen molar-refractivity contribution in [2.24, 2.45) is 5.41 Å². The second-order valence-electron chi connectivity index (χ2n) is 9.82. The highest BCUT2D eigenvalue weighted by molar-refractivity contribution is 6.00. The lowest BCUT2D eigenvalue weighted by Gasteiger charge is -2.34. The lowest BCUT2D eigenvalue weighted by molar-refractivity contribution is -0.126. The van der Waals surface area contributed by atoms with Gasteiger partial charge in [-0.05, 0) is 38.0 Å². The second kappa shape index (κ2) is 8.13. The summed E-state index contributed by atoms with van der Waals surface area (Å²) >= 11 is 0. The van der Waals surface area contributed by atoms with E-state index in [-0.39, 0.29) is 17.9 Å². The first kappa shape index (κ1) is 21.9. The van der Waals surface area contributed by atoms with Crippen LogP contribution < -0.4 is 10.2 Å². The average Bonchev–Trinajstić information content (AvgIpc) is 2.98. The van der Waals surface area contributed by atoms with Crippen molar-refractivity contribution in [3.05, 3.63) is 65.7 Å². The molecule has 2 atom stereocenters. The van der Waals surface area contributed by atoms with Crippen molar-refractivity contribution in [3.8, 4) is 0 Å². The average molecular weight is 409 g/mol. The zero-order valence-corrected chi connectivity index (χ0v) is 18.7. The van der Waals surface area contributed by atoms with Gasteiger partial charge in [-0.3, -0.25) is 4.79 Å². The molecule has 160 valence electrons. The zero-order chi connectivity index (χ0) is 22.1. The predicted octanol–water partition coefficient (Wildman–Crippen LogP) is 5.10. The first-order chi connectivity index (χ1) is 14.0. The molecule has 0 aromatic heterocycles. The van der Waals surface area contributed by atoms with Gasteiger partial charge in [-0.1, -0.05) is 69.3 Å². The Balaban J connectivity index is 2.01. The number of benzene rings is 2. The van der Waals surface area contributed by atoms with Crippen LogP contribution >= 0.6 is 0 Å². The summed E-state index contributed by atoms with van der Waals surface area (Å²) in [6.45, 7) is 11.6. The zero-order valence-electron chi connectivity index (χ0n) is 18.7. The molecule has 1 N–H and O–H groups in total. The third-order valence-corrected chi connectivity index (χ3v) is 5.12. The van der Waals surface area contributed by atoms with Gasteiger partial charge in [-0.2, -0.15) is 0 Å². The van der Waals surface area contributed by atoms with Gasteiger partial charge < -0.3 is 15.0 Å². The van der Waals surface area contributed by atoms with E-state index in [1.165, 1.54) is 0 Å². The standard InChI is InChI=1S/C25H32N2O3/c1-24(2,3)22(28)27-19-15-11-10-14-18(19)21(17-12-8-7-9-13-17)20(27)16-26-23(29)30-25(4,5)6/h7-15,20-21H,16H2,1-6H3,(H,26,29)/t20-,21+/m0/s1. The Hall–Kier alpha value is -2.82. The van der Waals surface area contributed by atoms with Gasteiger partial charge in [0.25, 0.3) is 0 Å². The quantitative estimate of drug-likeness (QED) is 0.768. The van der Waals surface area contributed by atoms with Crippen molar-refractivity contribution in [3.63, 3.8) is 0 Å². The fourth-order valence-corrected chi connectivity index (χ4v) is 3.90. The third kappa shape index (κ3) is 4.66. The van der Waals surface area contributed by atoms with E-state index in [9.17, 15) is 9.59 Å². The van der Waals surface area contributed by atoms with E-state index in [2.05, 4.69) is 23.5 Å². The molecule has 0 spiro atoms. The number of fused-ring (bicyclic) bond motifs is 1. The predicted molar refractivity (Wildman–Crippen MR) is 120 cm³/mol. The van der Waals surface area contributed by atoms with Gasteiger partial charge in [0.2, 0.25) is 5.91 Å². The summed E-state index contributed by atoms with van der Waals surface area (Å²) in [6.07, 6.45) is -0.478. The molecular formula is C25H32N2O3. The lowest BCUT2D eigenvalue weighted by Crippen LogP contribution is -2.50. The van der Waals surface area contributed by atoms with Gasteiger partial charge in [-0.15, -0.1) is 0 Å². The fourth-order valence-electron chi connectivity index (χ4n) is 3.90. The van der Waals surface area contributed by atoms with E-state index >= 15 is 0 Å². The third-order valence-electron chi connectivity index (χ3n) is 5.12. The summed E-state index contributed by atoms with van der Waals surface area (Å²) in [5.41, 5.74) is 1.98. The van der Waals surface area contributed by atoms with E-state index in [4.69, 9.17) is 4.74 Å². The summed E-state index contributed by atoms with van der Waals surface area (Å²) in [7, 11) is 0. The van der Waals surface area contributed by atoms with Crippen molar-refractivity contribution in [1.29, 1.82) is 0 Å². The number of rotatable bonds is 3. The molecule has 0 bridgehead atoms. The second-order valence-corrected chi connectivity index (χ2v) is 9.82. The molecule has 2 aromatic rings. The number of nitrogens with zero attached hydrogens (tertiary/aromatic N) is 1. The molecule has 0 unspecified atom stereocenters. The summed E-state index contributed by atoms with van der Waals surface area (Å²) in [5.74, 6) is -0.00648. The number of carbonyl (C=O) groups excluding carboxylic acids is 2. The Morgan fingerprint density at radius 1 is 0.933 bits per heavy atom. The normalized spacial score (nSPS) is 18.7. The highest BCUT2D eigenvalue weighted by Gasteiger charge is 2.45. The molecule has 1 heterocycles. The van der Waals surface area contributed by atoms with Crippen molar-refractivity contribution in [1.82, 2.24) is 5.32 Å². The van der Waals surface area contributed by atoms with Crippen molar-refractivity contribution in [2.75, 3.05) is 11.4 Å². The lowest BCUT2D eigenvalue weighted by atomic mass is 9.87. The molecule has 30 heavy (non-hydrogen) atoms. The number of para-hydroxylation sites is 1. The smallest absolute Gasteiger partial charge is 0.407 e. The monoisotopic (exact) mass is 408 g/mol. The van der Waals surface area contributed by atoms with Crippen LogP contribution in [0.5, 0.6) is 0 Å². The first-order valence-corrected chi connectivity index (χ1v) is 10.4. The number of ether oxygens (including phenoxy) is 1. The van der Waals surface area contributed by atoms with Gasteiger partial charge in [0.05, 0.1) is 6.04 Å². The van der Waals surface area contributed by atoms with Crippen LogP contribution in [0.4, 0.5) is 10.5 Å². The van der Waals surface area contributed by atoms with E-state index in [0.717, 1.165) is 16.8 Å². The molecule has 2 aromatic carbocycles. The first-order valence-electron chi connectivity index (χ1n) is 10.4. The molecule has 1 aliphatic rings. The molecule has 0 aliphatic carbocycles. The molecule has 0 fully saturated rings.